The lowest BCUT2D eigenvalue weighted by atomic mass is 9.79. The molecule has 0 unspecified atom stereocenters. The number of anilines is 1. The molecule has 2 heterocycles. The molecule has 5 atom stereocenters. The Kier molecular flexibility index (Phi) is 6.79. The summed E-state index contributed by atoms with van der Waals surface area (Å²) in [7, 11) is 1.61. The number of fused-ring (bicyclic) bond motifs is 3. The van der Waals surface area contributed by atoms with E-state index >= 15 is 0 Å². The fourth-order valence-corrected chi connectivity index (χ4v) is 6.77. The van der Waals surface area contributed by atoms with Gasteiger partial charge in [0, 0.05) is 29.8 Å². The van der Waals surface area contributed by atoms with Crippen LogP contribution in [0.5, 0.6) is 5.75 Å². The molecular formula is C32H35N3O3. The topological polar surface area (TPSA) is 70.7 Å². The van der Waals surface area contributed by atoms with Gasteiger partial charge < -0.3 is 20.3 Å². The van der Waals surface area contributed by atoms with Gasteiger partial charge in [-0.15, -0.1) is 0 Å². The molecule has 196 valence electrons. The van der Waals surface area contributed by atoms with E-state index in [1.807, 2.05) is 6.07 Å². The van der Waals surface area contributed by atoms with Crippen LogP contribution >= 0.6 is 0 Å². The number of hydrogen-bond donors (Lipinski definition) is 2. The average Bonchev–Trinajstić information content (AvgIpc) is 3.43. The van der Waals surface area contributed by atoms with Crippen molar-refractivity contribution in [3.05, 3.63) is 95.6 Å². The lowest BCUT2D eigenvalue weighted by Crippen LogP contribution is -2.50. The number of amides is 2. The number of carbonyl (C=O) groups is 2. The van der Waals surface area contributed by atoms with Crippen LogP contribution in [0.15, 0.2) is 78.9 Å². The first-order valence-corrected chi connectivity index (χ1v) is 13.8. The van der Waals surface area contributed by atoms with Crippen LogP contribution in [0.3, 0.4) is 0 Å². The second kappa shape index (κ2) is 10.5. The first kappa shape index (κ1) is 24.5. The van der Waals surface area contributed by atoms with Crippen LogP contribution in [0.4, 0.5) is 5.69 Å². The van der Waals surface area contributed by atoms with Crippen molar-refractivity contribution in [1.29, 1.82) is 0 Å². The summed E-state index contributed by atoms with van der Waals surface area (Å²) >= 11 is 0. The predicted molar refractivity (Wildman–Crippen MR) is 148 cm³/mol. The zero-order valence-electron chi connectivity index (χ0n) is 21.8. The molecular weight excluding hydrogens is 474 g/mol. The van der Waals surface area contributed by atoms with Crippen LogP contribution < -0.4 is 15.4 Å². The van der Waals surface area contributed by atoms with E-state index in [0.717, 1.165) is 44.3 Å². The van der Waals surface area contributed by atoms with Gasteiger partial charge in [-0.3, -0.25) is 9.59 Å². The number of para-hydroxylation sites is 1. The number of likely N-dealkylation sites (tertiary alicyclic amines) is 1. The average molecular weight is 510 g/mol. The summed E-state index contributed by atoms with van der Waals surface area (Å²) in [5.74, 6) is 0.856. The molecule has 0 aromatic heterocycles. The first-order chi connectivity index (χ1) is 18.6. The largest absolute Gasteiger partial charge is 0.497 e. The van der Waals surface area contributed by atoms with Crippen LogP contribution in [0.25, 0.3) is 0 Å². The number of rotatable bonds is 5. The van der Waals surface area contributed by atoms with Crippen molar-refractivity contribution in [2.75, 3.05) is 19.0 Å². The van der Waals surface area contributed by atoms with Gasteiger partial charge in [0.15, 0.2) is 0 Å². The fraction of sp³-hybridized carbons (Fsp3) is 0.375. The zero-order valence-corrected chi connectivity index (χ0v) is 21.8. The molecule has 6 rings (SSSR count). The van der Waals surface area contributed by atoms with Crippen LogP contribution in [-0.2, 0) is 4.79 Å². The van der Waals surface area contributed by atoms with Gasteiger partial charge in [0.25, 0.3) is 5.91 Å². The number of nitrogens with zero attached hydrogens (tertiary/aromatic N) is 1. The van der Waals surface area contributed by atoms with Gasteiger partial charge in [-0.1, -0.05) is 61.4 Å². The highest BCUT2D eigenvalue weighted by molar-refractivity contribution is 5.95. The third-order valence-corrected chi connectivity index (χ3v) is 8.66. The summed E-state index contributed by atoms with van der Waals surface area (Å²) in [5, 5.41) is 6.99. The first-order valence-electron chi connectivity index (χ1n) is 13.8. The van der Waals surface area contributed by atoms with E-state index in [-0.39, 0.29) is 35.9 Å². The highest BCUT2D eigenvalue weighted by atomic mass is 16.5. The molecule has 3 aliphatic rings. The summed E-state index contributed by atoms with van der Waals surface area (Å²) in [5.41, 5.74) is 4.15. The highest BCUT2D eigenvalue weighted by Crippen LogP contribution is 2.51. The lowest BCUT2D eigenvalue weighted by Gasteiger charge is -2.42. The van der Waals surface area contributed by atoms with Crippen LogP contribution in [-0.4, -0.2) is 36.4 Å². The van der Waals surface area contributed by atoms with Crippen molar-refractivity contribution >= 4 is 17.5 Å². The molecule has 3 aromatic carbocycles. The molecule has 2 N–H and O–H groups in total. The Hall–Kier alpha value is -3.80. The number of ether oxygens (including phenoxy) is 1. The summed E-state index contributed by atoms with van der Waals surface area (Å²) in [4.78, 5) is 29.5. The normalized spacial score (nSPS) is 26.0. The number of methoxy groups -OCH3 is 1. The summed E-state index contributed by atoms with van der Waals surface area (Å²) in [6.07, 6.45) is 4.62. The van der Waals surface area contributed by atoms with Crippen molar-refractivity contribution in [3.63, 3.8) is 0 Å². The fourth-order valence-electron chi connectivity index (χ4n) is 6.77. The van der Waals surface area contributed by atoms with Gasteiger partial charge in [-0.2, -0.15) is 0 Å². The van der Waals surface area contributed by atoms with Crippen molar-refractivity contribution < 1.29 is 14.3 Å². The van der Waals surface area contributed by atoms with Crippen LogP contribution in [0.1, 0.15) is 65.7 Å². The predicted octanol–water partition coefficient (Wildman–Crippen LogP) is 5.74. The monoisotopic (exact) mass is 509 g/mol. The summed E-state index contributed by atoms with van der Waals surface area (Å²) in [6, 6.07) is 26.2. The minimum atomic E-state index is -0.207. The zero-order chi connectivity index (χ0) is 26.1. The maximum atomic E-state index is 14.3. The third kappa shape index (κ3) is 4.53. The van der Waals surface area contributed by atoms with E-state index in [1.54, 1.807) is 31.4 Å². The molecule has 0 spiro atoms. The molecule has 3 aromatic rings. The van der Waals surface area contributed by atoms with Gasteiger partial charge in [-0.05, 0) is 60.7 Å². The van der Waals surface area contributed by atoms with E-state index in [9.17, 15) is 9.59 Å². The maximum Gasteiger partial charge on any atom is 0.251 e. The summed E-state index contributed by atoms with van der Waals surface area (Å²) < 4.78 is 5.22. The Labute approximate surface area is 224 Å². The molecule has 6 nitrogen and oxygen atoms in total. The van der Waals surface area contributed by atoms with Crippen LogP contribution in [0, 0.1) is 11.8 Å². The lowest BCUT2D eigenvalue weighted by molar-refractivity contribution is -0.138. The molecule has 2 aliphatic heterocycles. The second-order valence-electron chi connectivity index (χ2n) is 10.7. The Balaban J connectivity index is 1.25. The van der Waals surface area contributed by atoms with Gasteiger partial charge in [-0.25, -0.2) is 0 Å². The number of hydrogen-bond acceptors (Lipinski definition) is 4. The third-order valence-electron chi connectivity index (χ3n) is 8.66. The van der Waals surface area contributed by atoms with Gasteiger partial charge in [0.05, 0.1) is 25.1 Å². The van der Waals surface area contributed by atoms with Crippen LogP contribution in [0.2, 0.25) is 0 Å². The Morgan fingerprint density at radius 2 is 1.63 bits per heavy atom. The Morgan fingerprint density at radius 3 is 2.42 bits per heavy atom. The Bertz CT molecular complexity index is 1290. The SMILES string of the molecule is COc1ccc(C(=O)N[C@@H]2CCCC[C@@H]2C(=O)N2CC[C@@H]3[C@H](c4ccccc4)Nc4ccccc4[C@@H]32)cc1. The Morgan fingerprint density at radius 1 is 0.895 bits per heavy atom. The number of carbonyl (C=O) groups excluding carboxylic acids is 2. The number of benzene rings is 3. The molecule has 1 aliphatic carbocycles. The van der Waals surface area contributed by atoms with E-state index < -0.39 is 0 Å². The molecule has 38 heavy (non-hydrogen) atoms. The number of nitrogens with one attached hydrogen (secondary N) is 2. The van der Waals surface area contributed by atoms with E-state index in [0.29, 0.717) is 17.2 Å². The van der Waals surface area contributed by atoms with E-state index in [4.69, 9.17) is 4.74 Å². The quantitative estimate of drug-likeness (QED) is 0.460. The van der Waals surface area contributed by atoms with Crippen molar-refractivity contribution in [2.24, 2.45) is 11.8 Å². The van der Waals surface area contributed by atoms with E-state index in [2.05, 4.69) is 64.1 Å². The molecule has 2 fully saturated rings. The molecule has 0 radical (unpaired) electrons. The minimum absolute atomic E-state index is 0.0324. The smallest absolute Gasteiger partial charge is 0.251 e. The van der Waals surface area contributed by atoms with Gasteiger partial charge >= 0.3 is 0 Å². The molecule has 2 amide bonds. The highest BCUT2D eigenvalue weighted by Gasteiger charge is 2.48. The van der Waals surface area contributed by atoms with Crippen molar-refractivity contribution in [3.8, 4) is 5.75 Å². The van der Waals surface area contributed by atoms with Gasteiger partial charge in [0.2, 0.25) is 5.91 Å². The molecule has 0 bridgehead atoms. The second-order valence-corrected chi connectivity index (χ2v) is 10.7. The minimum Gasteiger partial charge on any atom is -0.497 e. The molecule has 1 saturated carbocycles. The van der Waals surface area contributed by atoms with Crippen molar-refractivity contribution in [1.82, 2.24) is 10.2 Å². The standard InChI is InChI=1S/C32H35N3O3/c1-38-23-17-15-22(16-18-23)31(36)34-28-14-8-6-12-25(28)32(37)35-20-19-26-29(21-9-3-2-4-10-21)33-27-13-7-5-11-24(27)30(26)35/h2-5,7,9-11,13,15-18,25-26,28-30,33H,6,8,12,14,19-20H2,1H3,(H,34,36)/t25-,26+,28+,29-,30-/m0/s1. The molecule has 1 saturated heterocycles. The van der Waals surface area contributed by atoms with E-state index in [1.165, 1.54) is 11.1 Å². The maximum absolute atomic E-state index is 14.3. The van der Waals surface area contributed by atoms with Gasteiger partial charge in [0.1, 0.15) is 5.75 Å². The molecule has 6 heteroatoms. The summed E-state index contributed by atoms with van der Waals surface area (Å²) in [6.45, 7) is 0.739. The van der Waals surface area contributed by atoms with Crippen molar-refractivity contribution in [2.45, 2.75) is 50.2 Å².